The maximum Gasteiger partial charge on any atom is 0.346 e. The van der Waals surface area contributed by atoms with Crippen LogP contribution in [-0.2, 0) is 4.74 Å². The minimum absolute atomic E-state index is 0.0515. The van der Waals surface area contributed by atoms with Crippen LogP contribution in [0.2, 0.25) is 0 Å². The van der Waals surface area contributed by atoms with Crippen molar-refractivity contribution in [3.63, 3.8) is 0 Å². The summed E-state index contributed by atoms with van der Waals surface area (Å²) >= 11 is 3.08. The Labute approximate surface area is 94.3 Å². The topological polar surface area (TPSA) is 69.4 Å². The molecule has 5 nitrogen and oxygen atoms in total. The van der Waals surface area contributed by atoms with Gasteiger partial charge in [-0.05, 0) is 28.9 Å². The summed E-state index contributed by atoms with van der Waals surface area (Å²) in [6.07, 6.45) is 0. The van der Waals surface area contributed by atoms with Crippen molar-refractivity contribution in [1.82, 2.24) is 0 Å². The Morgan fingerprint density at radius 2 is 2.27 bits per heavy atom. The lowest BCUT2D eigenvalue weighted by Gasteiger charge is -2.04. The Balaban J connectivity index is 3.24. The van der Waals surface area contributed by atoms with E-state index < -0.39 is 10.9 Å². The van der Waals surface area contributed by atoms with Gasteiger partial charge in [0.1, 0.15) is 0 Å². The van der Waals surface area contributed by atoms with Crippen molar-refractivity contribution in [3.05, 3.63) is 38.3 Å². The number of benzene rings is 1. The summed E-state index contributed by atoms with van der Waals surface area (Å²) in [5.74, 6) is -0.698. The molecule has 80 valence electrons. The van der Waals surface area contributed by atoms with Gasteiger partial charge in [-0.2, -0.15) is 0 Å². The van der Waals surface area contributed by atoms with E-state index >= 15 is 0 Å². The van der Waals surface area contributed by atoms with Gasteiger partial charge in [0.25, 0.3) is 5.69 Å². The van der Waals surface area contributed by atoms with Crippen LogP contribution in [0.25, 0.3) is 0 Å². The quantitative estimate of drug-likeness (QED) is 0.482. The molecule has 0 aliphatic rings. The van der Waals surface area contributed by atoms with Crippen molar-refractivity contribution in [2.24, 2.45) is 0 Å². The molecule has 0 aliphatic carbocycles. The van der Waals surface area contributed by atoms with Crippen LogP contribution in [-0.4, -0.2) is 17.5 Å². The molecule has 0 fully saturated rings. The van der Waals surface area contributed by atoms with Gasteiger partial charge >= 0.3 is 5.97 Å². The summed E-state index contributed by atoms with van der Waals surface area (Å²) in [7, 11) is 0. The molecular formula is C9H8BrNO4. The molecule has 0 aliphatic heterocycles. The Hall–Kier alpha value is -1.43. The predicted molar refractivity (Wildman–Crippen MR) is 56.8 cm³/mol. The smallest absolute Gasteiger partial charge is 0.346 e. The minimum Gasteiger partial charge on any atom is -0.462 e. The highest BCUT2D eigenvalue weighted by Crippen LogP contribution is 2.27. The van der Waals surface area contributed by atoms with Crippen molar-refractivity contribution in [1.29, 1.82) is 0 Å². The van der Waals surface area contributed by atoms with Crippen LogP contribution < -0.4 is 0 Å². The fraction of sp³-hybridized carbons (Fsp3) is 0.222. The molecule has 0 heterocycles. The summed E-state index contributed by atoms with van der Waals surface area (Å²) in [6, 6.07) is 4.31. The standard InChI is InChI=1S/C9H8BrNO4/c1-2-15-9(12)8-6(10)4-3-5-7(8)11(13)14/h3-5H,2H2,1H3. The fourth-order valence-electron chi connectivity index (χ4n) is 1.07. The molecule has 1 rings (SSSR count). The third-order valence-corrected chi connectivity index (χ3v) is 2.33. The number of carbonyl (C=O) groups excluding carboxylic acids is 1. The first-order valence-corrected chi connectivity index (χ1v) is 4.97. The molecule has 0 unspecified atom stereocenters. The van der Waals surface area contributed by atoms with E-state index in [2.05, 4.69) is 15.9 Å². The molecule has 6 heteroatoms. The van der Waals surface area contributed by atoms with Gasteiger partial charge in [-0.3, -0.25) is 10.1 Å². The molecular weight excluding hydrogens is 266 g/mol. The largest absolute Gasteiger partial charge is 0.462 e. The van der Waals surface area contributed by atoms with Gasteiger partial charge in [0.15, 0.2) is 5.56 Å². The van der Waals surface area contributed by atoms with Crippen LogP contribution in [0.15, 0.2) is 22.7 Å². The molecule has 0 atom stereocenters. The zero-order valence-corrected chi connectivity index (χ0v) is 9.48. The van der Waals surface area contributed by atoms with Crippen molar-refractivity contribution in [2.45, 2.75) is 6.92 Å². The monoisotopic (exact) mass is 273 g/mol. The molecule has 0 N–H and O–H groups in total. The van der Waals surface area contributed by atoms with Crippen LogP contribution >= 0.6 is 15.9 Å². The average Bonchev–Trinajstić information content (AvgIpc) is 2.17. The molecule has 0 saturated heterocycles. The average molecular weight is 274 g/mol. The molecule has 1 aromatic rings. The summed E-state index contributed by atoms with van der Waals surface area (Å²) < 4.78 is 5.08. The second-order valence-electron chi connectivity index (χ2n) is 2.61. The molecule has 1 aromatic carbocycles. The Morgan fingerprint density at radius 1 is 1.60 bits per heavy atom. The Kier molecular flexibility index (Phi) is 3.79. The van der Waals surface area contributed by atoms with E-state index in [9.17, 15) is 14.9 Å². The number of hydrogen-bond donors (Lipinski definition) is 0. The minimum atomic E-state index is -0.698. The summed E-state index contributed by atoms with van der Waals surface area (Å²) in [4.78, 5) is 21.5. The molecule has 0 aromatic heterocycles. The molecule has 15 heavy (non-hydrogen) atoms. The molecule has 0 spiro atoms. The Bertz CT molecular complexity index is 405. The van der Waals surface area contributed by atoms with Crippen LogP contribution in [0.3, 0.4) is 0 Å². The van der Waals surface area contributed by atoms with Crippen molar-refractivity contribution < 1.29 is 14.5 Å². The van der Waals surface area contributed by atoms with Crippen LogP contribution in [0.5, 0.6) is 0 Å². The zero-order chi connectivity index (χ0) is 11.4. The number of rotatable bonds is 3. The fourth-order valence-corrected chi connectivity index (χ4v) is 1.59. The van der Waals surface area contributed by atoms with E-state index in [4.69, 9.17) is 4.74 Å². The van der Waals surface area contributed by atoms with E-state index in [1.165, 1.54) is 12.1 Å². The molecule has 0 amide bonds. The van der Waals surface area contributed by atoms with Gasteiger partial charge in [0.05, 0.1) is 11.5 Å². The zero-order valence-electron chi connectivity index (χ0n) is 7.90. The lowest BCUT2D eigenvalue weighted by molar-refractivity contribution is -0.385. The van der Waals surface area contributed by atoms with E-state index in [-0.39, 0.29) is 17.9 Å². The van der Waals surface area contributed by atoms with Crippen LogP contribution in [0.4, 0.5) is 5.69 Å². The summed E-state index contributed by atoms with van der Waals surface area (Å²) in [5, 5.41) is 10.7. The number of carbonyl (C=O) groups is 1. The number of nitrogens with zero attached hydrogens (tertiary/aromatic N) is 1. The van der Waals surface area contributed by atoms with Crippen LogP contribution in [0.1, 0.15) is 17.3 Å². The van der Waals surface area contributed by atoms with Crippen molar-refractivity contribution >= 4 is 27.6 Å². The van der Waals surface area contributed by atoms with Crippen LogP contribution in [0, 0.1) is 10.1 Å². The number of nitro benzene ring substituents is 1. The van der Waals surface area contributed by atoms with Gasteiger partial charge in [-0.25, -0.2) is 4.79 Å². The lowest BCUT2D eigenvalue weighted by Crippen LogP contribution is -2.08. The SMILES string of the molecule is CCOC(=O)c1c(Br)cccc1[N+](=O)[O-]. The number of hydrogen-bond acceptors (Lipinski definition) is 4. The Morgan fingerprint density at radius 3 is 2.80 bits per heavy atom. The molecule has 0 saturated carbocycles. The van der Waals surface area contributed by atoms with Gasteiger partial charge in [-0.1, -0.05) is 6.07 Å². The number of ether oxygens (including phenoxy) is 1. The summed E-state index contributed by atoms with van der Waals surface area (Å²) in [6.45, 7) is 1.82. The van der Waals surface area contributed by atoms with Crippen molar-refractivity contribution in [2.75, 3.05) is 6.61 Å². The first kappa shape index (κ1) is 11.6. The van der Waals surface area contributed by atoms with Crippen molar-refractivity contribution in [3.8, 4) is 0 Å². The van der Waals surface area contributed by atoms with Gasteiger partial charge in [0.2, 0.25) is 0 Å². The summed E-state index contributed by atoms with van der Waals surface area (Å²) in [5.41, 5.74) is -0.313. The maximum absolute atomic E-state index is 11.4. The molecule has 0 bridgehead atoms. The first-order valence-electron chi connectivity index (χ1n) is 4.18. The van der Waals surface area contributed by atoms with E-state index in [1.807, 2.05) is 0 Å². The predicted octanol–water partition coefficient (Wildman–Crippen LogP) is 2.53. The van der Waals surface area contributed by atoms with Gasteiger partial charge in [-0.15, -0.1) is 0 Å². The number of halogens is 1. The highest BCUT2D eigenvalue weighted by atomic mass is 79.9. The second kappa shape index (κ2) is 4.88. The number of esters is 1. The third kappa shape index (κ3) is 2.53. The highest BCUT2D eigenvalue weighted by Gasteiger charge is 2.23. The molecule has 0 radical (unpaired) electrons. The third-order valence-electron chi connectivity index (χ3n) is 1.67. The second-order valence-corrected chi connectivity index (χ2v) is 3.47. The normalized spacial score (nSPS) is 9.73. The highest BCUT2D eigenvalue weighted by molar-refractivity contribution is 9.10. The van der Waals surface area contributed by atoms with E-state index in [0.29, 0.717) is 4.47 Å². The van der Waals surface area contributed by atoms with E-state index in [1.54, 1.807) is 13.0 Å². The first-order chi connectivity index (χ1) is 7.07. The van der Waals surface area contributed by atoms with Gasteiger partial charge < -0.3 is 4.74 Å². The van der Waals surface area contributed by atoms with Gasteiger partial charge in [0, 0.05) is 10.5 Å². The number of nitro groups is 1. The van der Waals surface area contributed by atoms with E-state index in [0.717, 1.165) is 0 Å². The lowest BCUT2D eigenvalue weighted by atomic mass is 10.2. The maximum atomic E-state index is 11.4.